The van der Waals surface area contributed by atoms with Crippen molar-refractivity contribution < 1.29 is 4.74 Å². The molecule has 1 rings (SSSR count). The van der Waals surface area contributed by atoms with Crippen molar-refractivity contribution >= 4 is 0 Å². The van der Waals surface area contributed by atoms with Gasteiger partial charge in [-0.3, -0.25) is 0 Å². The van der Waals surface area contributed by atoms with Gasteiger partial charge in [0.05, 0.1) is 7.11 Å². The van der Waals surface area contributed by atoms with Crippen LogP contribution >= 0.6 is 0 Å². The Bertz CT molecular complexity index is 241. The molecule has 0 heterocycles. The lowest BCUT2D eigenvalue weighted by Gasteiger charge is -2.04. The van der Waals surface area contributed by atoms with E-state index in [2.05, 4.69) is 13.8 Å². The Kier molecular flexibility index (Phi) is 2.53. The Balaban J connectivity index is 3.02. The molecule has 0 spiro atoms. The van der Waals surface area contributed by atoms with Gasteiger partial charge in [0.2, 0.25) is 0 Å². The summed E-state index contributed by atoms with van der Waals surface area (Å²) >= 11 is 0. The zero-order chi connectivity index (χ0) is 8.27. The van der Waals surface area contributed by atoms with E-state index in [1.54, 1.807) is 7.11 Å². The molecule has 1 aromatic carbocycles. The number of hydrogen-bond donors (Lipinski definition) is 0. The Hall–Kier alpha value is -0.980. The monoisotopic (exact) mass is 149 g/mol. The predicted octanol–water partition coefficient (Wildman–Crippen LogP) is 2.44. The van der Waals surface area contributed by atoms with E-state index in [9.17, 15) is 0 Å². The summed E-state index contributed by atoms with van der Waals surface area (Å²) < 4.78 is 5.08. The van der Waals surface area contributed by atoms with E-state index < -0.39 is 0 Å². The van der Waals surface area contributed by atoms with Crippen LogP contribution in [0.1, 0.15) is 18.1 Å². The lowest BCUT2D eigenvalue weighted by atomic mass is 10.1. The standard InChI is InChI=1S/C10H13O/c1-4-9-7-10(11-3)6-5-8(9)2/h5-7H,2,4H2,1,3H3. The van der Waals surface area contributed by atoms with Crippen LogP contribution in [0, 0.1) is 6.92 Å². The van der Waals surface area contributed by atoms with Gasteiger partial charge in [0.1, 0.15) is 5.75 Å². The molecule has 0 aliphatic heterocycles. The third kappa shape index (κ3) is 1.73. The summed E-state index contributed by atoms with van der Waals surface area (Å²) in [6, 6.07) is 5.95. The quantitative estimate of drug-likeness (QED) is 0.627. The van der Waals surface area contributed by atoms with Gasteiger partial charge in [-0.1, -0.05) is 13.0 Å². The Morgan fingerprint density at radius 3 is 2.73 bits per heavy atom. The highest BCUT2D eigenvalue weighted by atomic mass is 16.5. The SMILES string of the molecule is [CH2]c1ccc(OC)cc1CC. The Morgan fingerprint density at radius 1 is 1.45 bits per heavy atom. The lowest BCUT2D eigenvalue weighted by molar-refractivity contribution is 0.414. The summed E-state index contributed by atoms with van der Waals surface area (Å²) in [5, 5.41) is 0. The second-order valence-corrected chi connectivity index (χ2v) is 2.49. The first-order chi connectivity index (χ1) is 5.27. The number of methoxy groups -OCH3 is 1. The fraction of sp³-hybridized carbons (Fsp3) is 0.300. The van der Waals surface area contributed by atoms with Crippen molar-refractivity contribution in [3.05, 3.63) is 36.2 Å². The van der Waals surface area contributed by atoms with Gasteiger partial charge in [0, 0.05) is 0 Å². The van der Waals surface area contributed by atoms with E-state index in [0.717, 1.165) is 17.7 Å². The number of hydrogen-bond acceptors (Lipinski definition) is 1. The minimum absolute atomic E-state index is 0.911. The highest BCUT2D eigenvalue weighted by Gasteiger charge is 1.96. The smallest absolute Gasteiger partial charge is 0.119 e. The fourth-order valence-corrected chi connectivity index (χ4v) is 1.06. The first-order valence-corrected chi connectivity index (χ1v) is 3.76. The topological polar surface area (TPSA) is 9.23 Å². The summed E-state index contributed by atoms with van der Waals surface area (Å²) in [4.78, 5) is 0. The molecular formula is C10H13O. The van der Waals surface area contributed by atoms with Crippen LogP contribution < -0.4 is 4.74 Å². The molecular weight excluding hydrogens is 136 g/mol. The maximum Gasteiger partial charge on any atom is 0.119 e. The van der Waals surface area contributed by atoms with Gasteiger partial charge >= 0.3 is 0 Å². The summed E-state index contributed by atoms with van der Waals surface area (Å²) in [5.41, 5.74) is 2.35. The predicted molar refractivity (Wildman–Crippen MR) is 46.8 cm³/mol. The van der Waals surface area contributed by atoms with Gasteiger partial charge in [0.15, 0.2) is 0 Å². The zero-order valence-corrected chi connectivity index (χ0v) is 7.05. The van der Waals surface area contributed by atoms with Gasteiger partial charge in [-0.2, -0.15) is 0 Å². The fourth-order valence-electron chi connectivity index (χ4n) is 1.06. The van der Waals surface area contributed by atoms with E-state index in [-0.39, 0.29) is 0 Å². The molecule has 0 saturated carbocycles. The van der Waals surface area contributed by atoms with Crippen molar-refractivity contribution in [1.29, 1.82) is 0 Å². The molecule has 0 fully saturated rings. The third-order valence-electron chi connectivity index (χ3n) is 1.79. The maximum atomic E-state index is 5.08. The average Bonchev–Trinajstić information content (AvgIpc) is 2.05. The Labute approximate surface area is 68.0 Å². The highest BCUT2D eigenvalue weighted by molar-refractivity contribution is 5.37. The van der Waals surface area contributed by atoms with Crippen LogP contribution in [0.25, 0.3) is 0 Å². The molecule has 1 nitrogen and oxygen atoms in total. The minimum Gasteiger partial charge on any atom is -0.497 e. The molecule has 1 aromatic rings. The van der Waals surface area contributed by atoms with Crippen molar-refractivity contribution in [2.75, 3.05) is 7.11 Å². The van der Waals surface area contributed by atoms with E-state index in [1.165, 1.54) is 5.56 Å². The van der Waals surface area contributed by atoms with Crippen molar-refractivity contribution in [1.82, 2.24) is 0 Å². The lowest BCUT2D eigenvalue weighted by Crippen LogP contribution is -1.88. The Morgan fingerprint density at radius 2 is 2.18 bits per heavy atom. The molecule has 1 heteroatoms. The van der Waals surface area contributed by atoms with Gasteiger partial charge in [-0.05, 0) is 36.6 Å². The molecule has 0 aliphatic rings. The van der Waals surface area contributed by atoms with Gasteiger partial charge in [0.25, 0.3) is 0 Å². The van der Waals surface area contributed by atoms with E-state index in [0.29, 0.717) is 0 Å². The van der Waals surface area contributed by atoms with Crippen LogP contribution in [0.2, 0.25) is 0 Å². The summed E-state index contributed by atoms with van der Waals surface area (Å²) in [5.74, 6) is 0.911. The van der Waals surface area contributed by atoms with Crippen molar-refractivity contribution in [2.24, 2.45) is 0 Å². The number of ether oxygens (including phenoxy) is 1. The third-order valence-corrected chi connectivity index (χ3v) is 1.79. The molecule has 0 N–H and O–H groups in total. The molecule has 0 unspecified atom stereocenters. The van der Waals surface area contributed by atoms with E-state index >= 15 is 0 Å². The normalized spacial score (nSPS) is 9.73. The average molecular weight is 149 g/mol. The molecule has 0 atom stereocenters. The first kappa shape index (κ1) is 8.12. The minimum atomic E-state index is 0.911. The summed E-state index contributed by atoms with van der Waals surface area (Å²) in [6.07, 6.45) is 1.01. The molecule has 59 valence electrons. The van der Waals surface area contributed by atoms with Crippen molar-refractivity contribution in [2.45, 2.75) is 13.3 Å². The van der Waals surface area contributed by atoms with Gasteiger partial charge < -0.3 is 4.74 Å². The van der Waals surface area contributed by atoms with E-state index in [1.807, 2.05) is 18.2 Å². The van der Waals surface area contributed by atoms with Crippen LogP contribution in [0.3, 0.4) is 0 Å². The van der Waals surface area contributed by atoms with Gasteiger partial charge in [-0.15, -0.1) is 0 Å². The molecule has 11 heavy (non-hydrogen) atoms. The van der Waals surface area contributed by atoms with E-state index in [4.69, 9.17) is 4.74 Å². The molecule has 0 aliphatic carbocycles. The van der Waals surface area contributed by atoms with Crippen LogP contribution in [-0.2, 0) is 6.42 Å². The number of rotatable bonds is 2. The van der Waals surface area contributed by atoms with Crippen LogP contribution in [0.5, 0.6) is 5.75 Å². The second-order valence-electron chi connectivity index (χ2n) is 2.49. The first-order valence-electron chi connectivity index (χ1n) is 3.76. The molecule has 1 radical (unpaired) electrons. The molecule has 0 aromatic heterocycles. The maximum absolute atomic E-state index is 5.08. The van der Waals surface area contributed by atoms with Crippen LogP contribution in [-0.4, -0.2) is 7.11 Å². The zero-order valence-electron chi connectivity index (χ0n) is 7.05. The van der Waals surface area contributed by atoms with Gasteiger partial charge in [-0.25, -0.2) is 0 Å². The summed E-state index contributed by atoms with van der Waals surface area (Å²) in [6.45, 7) is 6.03. The molecule has 0 bridgehead atoms. The number of aryl methyl sites for hydroxylation is 1. The molecule has 0 amide bonds. The van der Waals surface area contributed by atoms with Crippen LogP contribution in [0.15, 0.2) is 18.2 Å². The van der Waals surface area contributed by atoms with Crippen molar-refractivity contribution in [3.63, 3.8) is 0 Å². The largest absolute Gasteiger partial charge is 0.497 e. The summed E-state index contributed by atoms with van der Waals surface area (Å²) in [7, 11) is 1.68. The second kappa shape index (κ2) is 3.42. The van der Waals surface area contributed by atoms with Crippen LogP contribution in [0.4, 0.5) is 0 Å². The van der Waals surface area contributed by atoms with Crippen molar-refractivity contribution in [3.8, 4) is 5.75 Å². The number of benzene rings is 1. The highest BCUT2D eigenvalue weighted by Crippen LogP contribution is 2.16. The molecule has 0 saturated heterocycles.